The van der Waals surface area contributed by atoms with Gasteiger partial charge in [-0.1, -0.05) is 29.3 Å². The molecule has 1 aromatic carbocycles. The third-order valence-electron chi connectivity index (χ3n) is 2.60. The van der Waals surface area contributed by atoms with Gasteiger partial charge in [0.1, 0.15) is 11.4 Å². The largest absolute Gasteiger partial charge is 0.494 e. The summed E-state index contributed by atoms with van der Waals surface area (Å²) < 4.78 is 42.9. The Morgan fingerprint density at radius 1 is 1.15 bits per heavy atom. The van der Waals surface area contributed by atoms with Crippen LogP contribution in [0, 0.1) is 0 Å². The van der Waals surface area contributed by atoms with Crippen molar-refractivity contribution in [2.75, 3.05) is 7.11 Å². The zero-order valence-corrected chi connectivity index (χ0v) is 11.6. The van der Waals surface area contributed by atoms with Crippen molar-refractivity contribution in [3.8, 4) is 17.0 Å². The lowest BCUT2D eigenvalue weighted by Gasteiger charge is -2.13. The minimum absolute atomic E-state index is 0.0465. The molecule has 0 aliphatic carbocycles. The van der Waals surface area contributed by atoms with Gasteiger partial charge in [-0.2, -0.15) is 13.2 Å². The Kier molecular flexibility index (Phi) is 4.11. The molecule has 0 spiro atoms. The molecule has 0 aliphatic rings. The Bertz CT molecular complexity index is 624. The summed E-state index contributed by atoms with van der Waals surface area (Å²) in [4.78, 5) is 3.79. The number of ether oxygens (including phenoxy) is 1. The molecule has 1 aromatic heterocycles. The first kappa shape index (κ1) is 14.9. The molecule has 0 unspecified atom stereocenters. The van der Waals surface area contributed by atoms with Gasteiger partial charge in [0.15, 0.2) is 0 Å². The summed E-state index contributed by atoms with van der Waals surface area (Å²) >= 11 is 12.0. The fourth-order valence-electron chi connectivity index (χ4n) is 1.67. The van der Waals surface area contributed by atoms with Gasteiger partial charge < -0.3 is 4.74 Å². The lowest BCUT2D eigenvalue weighted by molar-refractivity contribution is -0.137. The van der Waals surface area contributed by atoms with Gasteiger partial charge in [0.25, 0.3) is 0 Å². The molecule has 1 heterocycles. The van der Waals surface area contributed by atoms with Crippen LogP contribution in [0.3, 0.4) is 0 Å². The van der Waals surface area contributed by atoms with Crippen molar-refractivity contribution >= 4 is 23.2 Å². The SMILES string of the molecule is COc1cc(C(F)(F)F)cnc1-c1c(Cl)cccc1Cl. The van der Waals surface area contributed by atoms with Crippen LogP contribution in [-0.4, -0.2) is 12.1 Å². The van der Waals surface area contributed by atoms with Crippen molar-refractivity contribution in [3.05, 3.63) is 46.1 Å². The third-order valence-corrected chi connectivity index (χ3v) is 3.23. The van der Waals surface area contributed by atoms with Crippen LogP contribution >= 0.6 is 23.2 Å². The number of alkyl halides is 3. The van der Waals surface area contributed by atoms with Crippen LogP contribution in [-0.2, 0) is 6.18 Å². The molecule has 0 aliphatic heterocycles. The molecule has 0 bridgehead atoms. The normalized spacial score (nSPS) is 11.5. The van der Waals surface area contributed by atoms with Crippen LogP contribution in [0.4, 0.5) is 13.2 Å². The molecule has 0 saturated carbocycles. The van der Waals surface area contributed by atoms with Gasteiger partial charge in [-0.05, 0) is 18.2 Å². The number of rotatable bonds is 2. The zero-order chi connectivity index (χ0) is 14.9. The van der Waals surface area contributed by atoms with E-state index in [-0.39, 0.29) is 21.5 Å². The molecule has 0 amide bonds. The number of hydrogen-bond donors (Lipinski definition) is 0. The number of aromatic nitrogens is 1. The molecular weight excluding hydrogens is 314 g/mol. The second-order valence-corrected chi connectivity index (χ2v) is 4.68. The van der Waals surface area contributed by atoms with E-state index in [0.29, 0.717) is 5.56 Å². The van der Waals surface area contributed by atoms with Gasteiger partial charge in [0, 0.05) is 11.8 Å². The maximum absolute atomic E-state index is 12.6. The highest BCUT2D eigenvalue weighted by atomic mass is 35.5. The van der Waals surface area contributed by atoms with Gasteiger partial charge in [0.2, 0.25) is 0 Å². The third kappa shape index (κ3) is 2.83. The first-order valence-corrected chi connectivity index (χ1v) is 6.16. The molecule has 7 heteroatoms. The van der Waals surface area contributed by atoms with Crippen LogP contribution in [0.2, 0.25) is 10.0 Å². The van der Waals surface area contributed by atoms with E-state index >= 15 is 0 Å². The minimum Gasteiger partial charge on any atom is -0.494 e. The second-order valence-electron chi connectivity index (χ2n) is 3.87. The Labute approximate surface area is 123 Å². The van der Waals surface area contributed by atoms with Crippen molar-refractivity contribution in [2.24, 2.45) is 0 Å². The highest BCUT2D eigenvalue weighted by molar-refractivity contribution is 6.39. The Balaban J connectivity index is 2.64. The fourth-order valence-corrected chi connectivity index (χ4v) is 2.24. The van der Waals surface area contributed by atoms with Gasteiger partial charge in [-0.15, -0.1) is 0 Å². The number of benzene rings is 1. The maximum Gasteiger partial charge on any atom is 0.418 e. The number of halogens is 5. The number of nitrogens with zero attached hydrogens (tertiary/aromatic N) is 1. The molecule has 106 valence electrons. The van der Waals surface area contributed by atoms with E-state index in [1.165, 1.54) is 7.11 Å². The van der Waals surface area contributed by atoms with Crippen LogP contribution in [0.25, 0.3) is 11.3 Å². The number of pyridine rings is 1. The molecule has 2 aromatic rings. The summed E-state index contributed by atoms with van der Waals surface area (Å²) in [6, 6.07) is 5.63. The molecule has 0 atom stereocenters. The van der Waals surface area contributed by atoms with E-state index < -0.39 is 11.7 Å². The Morgan fingerprint density at radius 2 is 1.75 bits per heavy atom. The van der Waals surface area contributed by atoms with Crippen molar-refractivity contribution in [1.82, 2.24) is 4.98 Å². The molecule has 0 saturated heterocycles. The summed E-state index contributed by atoms with van der Waals surface area (Å²) in [5.41, 5.74) is -0.404. The van der Waals surface area contributed by atoms with E-state index in [1.54, 1.807) is 18.2 Å². The topological polar surface area (TPSA) is 22.1 Å². The average Bonchev–Trinajstić information content (AvgIpc) is 2.37. The van der Waals surface area contributed by atoms with Gasteiger partial charge in [-0.3, -0.25) is 4.98 Å². The monoisotopic (exact) mass is 321 g/mol. The van der Waals surface area contributed by atoms with Crippen molar-refractivity contribution in [3.63, 3.8) is 0 Å². The van der Waals surface area contributed by atoms with Crippen LogP contribution < -0.4 is 4.74 Å². The maximum atomic E-state index is 12.6. The first-order chi connectivity index (χ1) is 9.34. The molecule has 0 N–H and O–H groups in total. The van der Waals surface area contributed by atoms with Crippen molar-refractivity contribution < 1.29 is 17.9 Å². The molecule has 0 fully saturated rings. The van der Waals surface area contributed by atoms with E-state index in [9.17, 15) is 13.2 Å². The molecule has 0 radical (unpaired) electrons. The average molecular weight is 322 g/mol. The van der Waals surface area contributed by atoms with Gasteiger partial charge in [-0.25, -0.2) is 0 Å². The standard InChI is InChI=1S/C13H8Cl2F3NO/c1-20-10-5-7(13(16,17)18)6-19-12(10)11-8(14)3-2-4-9(11)15/h2-6H,1H3. The van der Waals surface area contributed by atoms with Crippen LogP contribution in [0.15, 0.2) is 30.5 Å². The van der Waals surface area contributed by atoms with Crippen molar-refractivity contribution in [1.29, 1.82) is 0 Å². The summed E-state index contributed by atoms with van der Waals surface area (Å²) in [6.45, 7) is 0. The lowest BCUT2D eigenvalue weighted by atomic mass is 10.1. The fraction of sp³-hybridized carbons (Fsp3) is 0.154. The predicted octanol–water partition coefficient (Wildman–Crippen LogP) is 5.08. The van der Waals surface area contributed by atoms with E-state index in [4.69, 9.17) is 27.9 Å². The van der Waals surface area contributed by atoms with Gasteiger partial charge >= 0.3 is 6.18 Å². The van der Waals surface area contributed by atoms with Crippen LogP contribution in [0.1, 0.15) is 5.56 Å². The first-order valence-electron chi connectivity index (χ1n) is 5.40. The molecule has 2 nitrogen and oxygen atoms in total. The van der Waals surface area contributed by atoms with E-state index in [0.717, 1.165) is 12.3 Å². The number of methoxy groups -OCH3 is 1. The minimum atomic E-state index is -4.50. The number of hydrogen-bond acceptors (Lipinski definition) is 2. The quantitative estimate of drug-likeness (QED) is 0.769. The van der Waals surface area contributed by atoms with Gasteiger partial charge in [0.05, 0.1) is 22.7 Å². The Hall–Kier alpha value is -1.46. The van der Waals surface area contributed by atoms with Crippen LogP contribution in [0.5, 0.6) is 5.75 Å². The Morgan fingerprint density at radius 3 is 2.25 bits per heavy atom. The second kappa shape index (κ2) is 5.50. The summed E-state index contributed by atoms with van der Waals surface area (Å²) in [5, 5.41) is 0.561. The summed E-state index contributed by atoms with van der Waals surface area (Å²) in [6.07, 6.45) is -3.78. The lowest BCUT2D eigenvalue weighted by Crippen LogP contribution is -2.06. The van der Waals surface area contributed by atoms with Crippen molar-refractivity contribution in [2.45, 2.75) is 6.18 Å². The highest BCUT2D eigenvalue weighted by Crippen LogP contribution is 2.40. The summed E-state index contributed by atoms with van der Waals surface area (Å²) in [7, 11) is 1.26. The smallest absolute Gasteiger partial charge is 0.418 e. The predicted molar refractivity (Wildman–Crippen MR) is 71.2 cm³/mol. The summed E-state index contributed by atoms with van der Waals surface area (Å²) in [5.74, 6) is -0.0465. The van der Waals surface area contributed by atoms with E-state index in [2.05, 4.69) is 4.98 Å². The molecule has 2 rings (SSSR count). The molecular formula is C13H8Cl2F3NO. The highest BCUT2D eigenvalue weighted by Gasteiger charge is 2.32. The van der Waals surface area contributed by atoms with E-state index in [1.807, 2.05) is 0 Å². The molecule has 20 heavy (non-hydrogen) atoms. The zero-order valence-electron chi connectivity index (χ0n) is 10.1.